The second-order valence-corrected chi connectivity index (χ2v) is 6.70. The van der Waals surface area contributed by atoms with E-state index in [0.29, 0.717) is 10.1 Å². The van der Waals surface area contributed by atoms with E-state index in [0.717, 1.165) is 11.3 Å². The molecule has 2 aromatic rings. The number of hydrogen-bond acceptors (Lipinski definition) is 4. The number of aromatic carboxylic acids is 1. The highest BCUT2D eigenvalue weighted by molar-refractivity contribution is 8.13. The molecule has 0 saturated heterocycles. The molecule has 1 heterocycles. The van der Waals surface area contributed by atoms with Gasteiger partial charge in [0.15, 0.2) is 0 Å². The number of halogens is 1. The molecule has 84 valence electrons. The number of benzene rings is 1. The first-order chi connectivity index (χ1) is 7.38. The van der Waals surface area contributed by atoms with Gasteiger partial charge in [0.05, 0.1) is 4.90 Å². The van der Waals surface area contributed by atoms with Gasteiger partial charge < -0.3 is 5.11 Å². The van der Waals surface area contributed by atoms with Crippen LogP contribution in [0.15, 0.2) is 29.2 Å². The molecule has 0 aliphatic rings. The van der Waals surface area contributed by atoms with Gasteiger partial charge in [0, 0.05) is 15.4 Å². The van der Waals surface area contributed by atoms with Crippen molar-refractivity contribution in [2.24, 2.45) is 0 Å². The first kappa shape index (κ1) is 11.4. The van der Waals surface area contributed by atoms with Crippen molar-refractivity contribution in [3.8, 4) is 0 Å². The Morgan fingerprint density at radius 1 is 1.31 bits per heavy atom. The lowest BCUT2D eigenvalue weighted by molar-refractivity contribution is 0.0702. The molecule has 0 radical (unpaired) electrons. The Bertz CT molecular complexity index is 672. The van der Waals surface area contributed by atoms with Crippen molar-refractivity contribution >= 4 is 47.1 Å². The van der Waals surface area contributed by atoms with Crippen molar-refractivity contribution in [2.75, 3.05) is 0 Å². The number of rotatable bonds is 2. The minimum atomic E-state index is -3.78. The van der Waals surface area contributed by atoms with E-state index in [2.05, 4.69) is 0 Å². The van der Waals surface area contributed by atoms with Crippen LogP contribution in [-0.2, 0) is 9.05 Å². The van der Waals surface area contributed by atoms with E-state index in [4.69, 9.17) is 15.8 Å². The van der Waals surface area contributed by atoms with E-state index in [1.54, 1.807) is 6.07 Å². The summed E-state index contributed by atoms with van der Waals surface area (Å²) in [6.07, 6.45) is 0. The minimum Gasteiger partial charge on any atom is -0.477 e. The fourth-order valence-corrected chi connectivity index (χ4v) is 2.95. The van der Waals surface area contributed by atoms with E-state index in [9.17, 15) is 13.2 Å². The monoisotopic (exact) mass is 276 g/mol. The second-order valence-electron chi connectivity index (χ2n) is 3.05. The van der Waals surface area contributed by atoms with Gasteiger partial charge in [-0.15, -0.1) is 11.3 Å². The maximum atomic E-state index is 11.1. The summed E-state index contributed by atoms with van der Waals surface area (Å²) in [6.45, 7) is 0. The average Bonchev–Trinajstić information content (AvgIpc) is 2.58. The largest absolute Gasteiger partial charge is 0.477 e. The van der Waals surface area contributed by atoms with Crippen LogP contribution in [0.3, 0.4) is 0 Å². The van der Waals surface area contributed by atoms with Crippen LogP contribution in [0.2, 0.25) is 0 Å². The summed E-state index contributed by atoms with van der Waals surface area (Å²) >= 11 is 1.09. The van der Waals surface area contributed by atoms with Gasteiger partial charge in [0.2, 0.25) is 0 Å². The molecule has 4 nitrogen and oxygen atoms in total. The van der Waals surface area contributed by atoms with Gasteiger partial charge in [-0.05, 0) is 29.7 Å². The molecular weight excluding hydrogens is 272 g/mol. The van der Waals surface area contributed by atoms with Crippen LogP contribution in [0.5, 0.6) is 0 Å². The second kappa shape index (κ2) is 3.73. The number of thiophene rings is 1. The molecule has 7 heteroatoms. The van der Waals surface area contributed by atoms with Crippen molar-refractivity contribution < 1.29 is 18.3 Å². The molecule has 0 atom stereocenters. The van der Waals surface area contributed by atoms with Crippen molar-refractivity contribution in [1.82, 2.24) is 0 Å². The third-order valence-corrected chi connectivity index (χ3v) is 4.44. The van der Waals surface area contributed by atoms with Crippen LogP contribution >= 0.6 is 22.0 Å². The Morgan fingerprint density at radius 2 is 2.00 bits per heavy atom. The average molecular weight is 277 g/mol. The summed E-state index contributed by atoms with van der Waals surface area (Å²) in [4.78, 5) is 10.9. The molecule has 0 unspecified atom stereocenters. The number of fused-ring (bicyclic) bond motifs is 1. The predicted molar refractivity (Wildman–Crippen MR) is 61.8 cm³/mol. The molecule has 0 aliphatic carbocycles. The maximum absolute atomic E-state index is 11.1. The zero-order chi connectivity index (χ0) is 11.9. The highest BCUT2D eigenvalue weighted by atomic mass is 35.7. The lowest BCUT2D eigenvalue weighted by Gasteiger charge is -1.94. The molecule has 16 heavy (non-hydrogen) atoms. The quantitative estimate of drug-likeness (QED) is 0.856. The van der Waals surface area contributed by atoms with Crippen LogP contribution in [-0.4, -0.2) is 19.5 Å². The van der Waals surface area contributed by atoms with E-state index >= 15 is 0 Å². The molecule has 0 bridgehead atoms. The SMILES string of the molecule is O=C(O)c1cc2cc(S(=O)(=O)Cl)ccc2s1. The zero-order valence-corrected chi connectivity index (χ0v) is 10.1. The van der Waals surface area contributed by atoms with Crippen molar-refractivity contribution in [1.29, 1.82) is 0 Å². The first-order valence-corrected chi connectivity index (χ1v) is 7.22. The van der Waals surface area contributed by atoms with Crippen molar-refractivity contribution in [2.45, 2.75) is 4.90 Å². The summed E-state index contributed by atoms with van der Waals surface area (Å²) in [7, 11) is 1.41. The van der Waals surface area contributed by atoms with Crippen LogP contribution < -0.4 is 0 Å². The Hall–Kier alpha value is -1.11. The molecule has 0 fully saturated rings. The van der Waals surface area contributed by atoms with Gasteiger partial charge in [-0.1, -0.05) is 0 Å². The first-order valence-electron chi connectivity index (χ1n) is 4.09. The van der Waals surface area contributed by atoms with Crippen LogP contribution in [0.1, 0.15) is 9.67 Å². The molecule has 0 amide bonds. The highest BCUT2D eigenvalue weighted by Crippen LogP contribution is 2.28. The highest BCUT2D eigenvalue weighted by Gasteiger charge is 2.13. The Morgan fingerprint density at radius 3 is 2.56 bits per heavy atom. The number of carboxylic acid groups (broad SMARTS) is 1. The van der Waals surface area contributed by atoms with Gasteiger partial charge in [0.25, 0.3) is 9.05 Å². The molecule has 1 aromatic heterocycles. The topological polar surface area (TPSA) is 71.4 Å². The van der Waals surface area contributed by atoms with E-state index in [-0.39, 0.29) is 9.77 Å². The van der Waals surface area contributed by atoms with E-state index in [1.807, 2.05) is 0 Å². The lowest BCUT2D eigenvalue weighted by atomic mass is 10.2. The molecule has 2 rings (SSSR count). The minimum absolute atomic E-state index is 0.0311. The molecule has 0 saturated carbocycles. The summed E-state index contributed by atoms with van der Waals surface area (Å²) in [5.74, 6) is -1.03. The standard InChI is InChI=1S/C9H5ClO4S2/c10-16(13,14)6-1-2-7-5(3-6)4-8(15-7)9(11)12/h1-4H,(H,11,12). The Balaban J connectivity index is 2.67. The van der Waals surface area contributed by atoms with Gasteiger partial charge in [-0.3, -0.25) is 0 Å². The van der Waals surface area contributed by atoms with Gasteiger partial charge in [-0.2, -0.15) is 0 Å². The summed E-state index contributed by atoms with van der Waals surface area (Å²) in [5, 5.41) is 9.34. The number of hydrogen-bond donors (Lipinski definition) is 1. The normalized spacial score (nSPS) is 11.8. The predicted octanol–water partition coefficient (Wildman–Crippen LogP) is 2.53. The molecule has 1 aromatic carbocycles. The fourth-order valence-electron chi connectivity index (χ4n) is 1.28. The molecular formula is C9H5ClO4S2. The smallest absolute Gasteiger partial charge is 0.345 e. The third-order valence-electron chi connectivity index (χ3n) is 1.98. The van der Waals surface area contributed by atoms with E-state index < -0.39 is 15.0 Å². The van der Waals surface area contributed by atoms with E-state index in [1.165, 1.54) is 18.2 Å². The van der Waals surface area contributed by atoms with Crippen molar-refractivity contribution in [3.05, 3.63) is 29.1 Å². The van der Waals surface area contributed by atoms with Crippen molar-refractivity contribution in [3.63, 3.8) is 0 Å². The molecule has 0 spiro atoms. The molecule has 0 aliphatic heterocycles. The number of carbonyl (C=O) groups is 1. The Kier molecular flexibility index (Phi) is 2.65. The Labute approximate surface area is 99.5 Å². The van der Waals surface area contributed by atoms with Gasteiger partial charge in [0.1, 0.15) is 4.88 Å². The van der Waals surface area contributed by atoms with Crippen LogP contribution in [0.4, 0.5) is 0 Å². The van der Waals surface area contributed by atoms with Crippen LogP contribution in [0, 0.1) is 0 Å². The summed E-state index contributed by atoms with van der Waals surface area (Å²) < 4.78 is 22.8. The zero-order valence-electron chi connectivity index (χ0n) is 7.68. The number of carboxylic acids is 1. The summed E-state index contributed by atoms with van der Waals surface area (Å²) in [6, 6.07) is 5.68. The lowest BCUT2D eigenvalue weighted by Crippen LogP contribution is -1.90. The van der Waals surface area contributed by atoms with Crippen LogP contribution in [0.25, 0.3) is 10.1 Å². The van der Waals surface area contributed by atoms with Gasteiger partial charge in [-0.25, -0.2) is 13.2 Å². The molecule has 1 N–H and O–H groups in total. The maximum Gasteiger partial charge on any atom is 0.345 e. The fraction of sp³-hybridized carbons (Fsp3) is 0. The summed E-state index contributed by atoms with van der Waals surface area (Å²) in [5.41, 5.74) is 0. The van der Waals surface area contributed by atoms with Gasteiger partial charge >= 0.3 is 5.97 Å². The third kappa shape index (κ3) is 2.04.